The Kier molecular flexibility index (Phi) is 5.12. The van der Waals surface area contributed by atoms with Crippen molar-refractivity contribution in [1.82, 2.24) is 14.8 Å². The number of hydrogen-bond acceptors (Lipinski definition) is 6. The molecule has 1 aliphatic heterocycles. The third-order valence-electron chi connectivity index (χ3n) is 4.63. The SMILES string of the molecule is COc1ccc(NC(=O)c2cc(C3=CCCN(c4nccs4)C3)n(C)n2)cc1. The molecule has 7 nitrogen and oxygen atoms in total. The first-order valence-corrected chi connectivity index (χ1v) is 9.85. The minimum absolute atomic E-state index is 0.236. The Hall–Kier alpha value is -3.13. The number of amides is 1. The number of hydrogen-bond donors (Lipinski definition) is 1. The van der Waals surface area contributed by atoms with Gasteiger partial charge in [0, 0.05) is 37.4 Å². The van der Waals surface area contributed by atoms with Gasteiger partial charge in [0.15, 0.2) is 10.8 Å². The molecule has 0 saturated heterocycles. The lowest BCUT2D eigenvalue weighted by molar-refractivity contribution is 0.102. The predicted octanol–water partition coefficient (Wildman–Crippen LogP) is 3.43. The number of ether oxygens (including phenoxy) is 1. The highest BCUT2D eigenvalue weighted by Gasteiger charge is 2.21. The van der Waals surface area contributed by atoms with Crippen molar-refractivity contribution in [2.45, 2.75) is 6.42 Å². The minimum Gasteiger partial charge on any atom is -0.497 e. The van der Waals surface area contributed by atoms with Crippen molar-refractivity contribution in [1.29, 1.82) is 0 Å². The van der Waals surface area contributed by atoms with Crippen LogP contribution in [0.4, 0.5) is 10.8 Å². The van der Waals surface area contributed by atoms with Crippen molar-refractivity contribution in [2.75, 3.05) is 30.4 Å². The Labute approximate surface area is 167 Å². The molecule has 2 aromatic heterocycles. The van der Waals surface area contributed by atoms with Gasteiger partial charge in [-0.15, -0.1) is 11.3 Å². The molecule has 0 atom stereocenters. The molecule has 0 fully saturated rings. The van der Waals surface area contributed by atoms with Gasteiger partial charge in [-0.25, -0.2) is 4.98 Å². The number of carbonyl (C=O) groups is 1. The second-order valence-corrected chi connectivity index (χ2v) is 7.35. The van der Waals surface area contributed by atoms with Crippen LogP contribution in [0.25, 0.3) is 5.57 Å². The molecule has 0 spiro atoms. The van der Waals surface area contributed by atoms with Crippen LogP contribution in [0.5, 0.6) is 5.75 Å². The van der Waals surface area contributed by atoms with Gasteiger partial charge in [-0.05, 0) is 42.3 Å². The molecule has 28 heavy (non-hydrogen) atoms. The number of anilines is 2. The highest BCUT2D eigenvalue weighted by atomic mass is 32.1. The molecule has 0 unspecified atom stereocenters. The fourth-order valence-electron chi connectivity index (χ4n) is 3.21. The largest absolute Gasteiger partial charge is 0.497 e. The lowest BCUT2D eigenvalue weighted by Gasteiger charge is -2.26. The van der Waals surface area contributed by atoms with Gasteiger partial charge in [-0.1, -0.05) is 6.08 Å². The number of rotatable bonds is 5. The fourth-order valence-corrected chi connectivity index (χ4v) is 3.88. The zero-order valence-electron chi connectivity index (χ0n) is 15.8. The molecule has 4 rings (SSSR count). The lowest BCUT2D eigenvalue weighted by atomic mass is 10.1. The number of thiazole rings is 1. The van der Waals surface area contributed by atoms with Gasteiger partial charge in [0.25, 0.3) is 5.91 Å². The van der Waals surface area contributed by atoms with Gasteiger partial charge in [-0.3, -0.25) is 9.48 Å². The van der Waals surface area contributed by atoms with Gasteiger partial charge >= 0.3 is 0 Å². The van der Waals surface area contributed by atoms with E-state index in [4.69, 9.17) is 4.74 Å². The molecule has 3 heterocycles. The molecule has 1 aliphatic rings. The molecule has 1 aromatic carbocycles. The minimum atomic E-state index is -0.236. The highest BCUT2D eigenvalue weighted by Crippen LogP contribution is 2.27. The maximum atomic E-state index is 12.6. The monoisotopic (exact) mass is 395 g/mol. The van der Waals surface area contributed by atoms with Crippen LogP contribution in [0, 0.1) is 0 Å². The standard InChI is InChI=1S/C20H21N5O2S/c1-24-18(14-4-3-10-25(13-14)20-21-9-11-28-20)12-17(23-24)19(26)22-15-5-7-16(27-2)8-6-15/h4-9,11-12H,3,10,13H2,1-2H3,(H,22,26). The van der Waals surface area contributed by atoms with E-state index in [1.165, 1.54) is 0 Å². The van der Waals surface area contributed by atoms with Crippen molar-refractivity contribution < 1.29 is 9.53 Å². The summed E-state index contributed by atoms with van der Waals surface area (Å²) in [6, 6.07) is 9.06. The summed E-state index contributed by atoms with van der Waals surface area (Å²) in [5.41, 5.74) is 3.19. The second kappa shape index (κ2) is 7.85. The molecule has 0 bridgehead atoms. The van der Waals surface area contributed by atoms with E-state index in [1.54, 1.807) is 47.4 Å². The van der Waals surface area contributed by atoms with Gasteiger partial charge in [0.05, 0.1) is 12.8 Å². The number of aromatic nitrogens is 3. The summed E-state index contributed by atoms with van der Waals surface area (Å²) in [5, 5.41) is 10.3. The first-order chi connectivity index (χ1) is 13.6. The smallest absolute Gasteiger partial charge is 0.276 e. The van der Waals surface area contributed by atoms with E-state index >= 15 is 0 Å². The van der Waals surface area contributed by atoms with E-state index in [2.05, 4.69) is 26.4 Å². The van der Waals surface area contributed by atoms with Crippen molar-refractivity contribution in [3.8, 4) is 5.75 Å². The Morgan fingerprint density at radius 2 is 2.11 bits per heavy atom. The van der Waals surface area contributed by atoms with Gasteiger partial charge in [0.1, 0.15) is 5.75 Å². The predicted molar refractivity (Wildman–Crippen MR) is 111 cm³/mol. The van der Waals surface area contributed by atoms with E-state index in [-0.39, 0.29) is 5.91 Å². The van der Waals surface area contributed by atoms with E-state index in [0.29, 0.717) is 11.4 Å². The molecule has 8 heteroatoms. The third kappa shape index (κ3) is 3.77. The number of aryl methyl sites for hydroxylation is 1. The fraction of sp³-hybridized carbons (Fsp3) is 0.250. The zero-order valence-corrected chi connectivity index (χ0v) is 16.6. The summed E-state index contributed by atoms with van der Waals surface area (Å²) >= 11 is 1.64. The van der Waals surface area contributed by atoms with Crippen molar-refractivity contribution in [2.24, 2.45) is 7.05 Å². The summed E-state index contributed by atoms with van der Waals surface area (Å²) in [7, 11) is 3.47. The second-order valence-electron chi connectivity index (χ2n) is 6.48. The van der Waals surface area contributed by atoms with Crippen LogP contribution in [0.1, 0.15) is 22.6 Å². The lowest BCUT2D eigenvalue weighted by Crippen LogP contribution is -2.29. The Bertz CT molecular complexity index is 992. The topological polar surface area (TPSA) is 72.3 Å². The number of benzene rings is 1. The van der Waals surface area contributed by atoms with Crippen LogP contribution in [0.2, 0.25) is 0 Å². The number of carbonyl (C=O) groups excluding carboxylic acids is 1. The summed E-state index contributed by atoms with van der Waals surface area (Å²) in [4.78, 5) is 19.3. The van der Waals surface area contributed by atoms with Crippen LogP contribution in [0.15, 0.2) is 48.0 Å². The van der Waals surface area contributed by atoms with Gasteiger partial charge in [0.2, 0.25) is 0 Å². The van der Waals surface area contributed by atoms with E-state index in [9.17, 15) is 4.79 Å². The number of methoxy groups -OCH3 is 1. The van der Waals surface area contributed by atoms with Crippen LogP contribution < -0.4 is 15.0 Å². The Balaban J connectivity index is 1.49. The van der Waals surface area contributed by atoms with Crippen LogP contribution in [0.3, 0.4) is 0 Å². The highest BCUT2D eigenvalue weighted by molar-refractivity contribution is 7.13. The average Bonchev–Trinajstić information content (AvgIpc) is 3.39. The molecule has 144 valence electrons. The molecular weight excluding hydrogens is 374 g/mol. The molecular formula is C20H21N5O2S. The van der Waals surface area contributed by atoms with Gasteiger partial charge < -0.3 is 15.0 Å². The Morgan fingerprint density at radius 1 is 1.29 bits per heavy atom. The molecule has 1 N–H and O–H groups in total. The van der Waals surface area contributed by atoms with E-state index in [0.717, 1.165) is 41.7 Å². The maximum Gasteiger partial charge on any atom is 0.276 e. The quantitative estimate of drug-likeness (QED) is 0.717. The summed E-state index contributed by atoms with van der Waals surface area (Å²) in [5.74, 6) is 0.507. The average molecular weight is 395 g/mol. The van der Waals surface area contributed by atoms with Crippen LogP contribution in [-0.4, -0.2) is 40.9 Å². The summed E-state index contributed by atoms with van der Waals surface area (Å²) in [6.45, 7) is 1.70. The molecule has 0 radical (unpaired) electrons. The molecule has 3 aromatic rings. The van der Waals surface area contributed by atoms with E-state index in [1.807, 2.05) is 24.7 Å². The zero-order chi connectivity index (χ0) is 19.5. The van der Waals surface area contributed by atoms with E-state index < -0.39 is 0 Å². The van der Waals surface area contributed by atoms with Crippen molar-refractivity contribution in [3.63, 3.8) is 0 Å². The summed E-state index contributed by atoms with van der Waals surface area (Å²) in [6.07, 6.45) is 4.98. The molecule has 0 saturated carbocycles. The van der Waals surface area contributed by atoms with Gasteiger partial charge in [-0.2, -0.15) is 5.10 Å². The molecule has 0 aliphatic carbocycles. The number of nitrogens with one attached hydrogen (secondary N) is 1. The van der Waals surface area contributed by atoms with Crippen molar-refractivity contribution in [3.05, 3.63) is 59.4 Å². The summed E-state index contributed by atoms with van der Waals surface area (Å²) < 4.78 is 6.90. The third-order valence-corrected chi connectivity index (χ3v) is 5.46. The van der Waals surface area contributed by atoms with Crippen molar-refractivity contribution >= 4 is 33.6 Å². The van der Waals surface area contributed by atoms with Crippen LogP contribution in [-0.2, 0) is 7.05 Å². The van der Waals surface area contributed by atoms with Crippen LogP contribution >= 0.6 is 11.3 Å². The number of nitrogens with zero attached hydrogens (tertiary/aromatic N) is 4. The Morgan fingerprint density at radius 3 is 2.82 bits per heavy atom. The first-order valence-electron chi connectivity index (χ1n) is 8.97. The molecule has 1 amide bonds. The first kappa shape index (κ1) is 18.2. The maximum absolute atomic E-state index is 12.6. The normalized spacial score (nSPS) is 13.9.